The molecule has 1 aromatic heterocycles. The van der Waals surface area contributed by atoms with Crippen LogP contribution in [-0.4, -0.2) is 28.8 Å². The van der Waals surface area contributed by atoms with Gasteiger partial charge in [0.05, 0.1) is 19.4 Å². The van der Waals surface area contributed by atoms with Crippen LogP contribution < -0.4 is 0 Å². The average molecular weight is 322 g/mol. The molecule has 2 fully saturated rings. The molecule has 1 saturated heterocycles. The summed E-state index contributed by atoms with van der Waals surface area (Å²) in [5.74, 6) is -0.331. The minimum Gasteiger partial charge on any atom is -0.348 e. The smallest absolute Gasteiger partial charge is 0.168 e. The number of nitrogens with zero attached hydrogens (tertiary/aromatic N) is 2. The van der Waals surface area contributed by atoms with Crippen LogP contribution in [0.1, 0.15) is 42.4 Å². The van der Waals surface area contributed by atoms with Gasteiger partial charge < -0.3 is 9.47 Å². The fourth-order valence-corrected chi connectivity index (χ4v) is 4.80. The van der Waals surface area contributed by atoms with Gasteiger partial charge >= 0.3 is 0 Å². The molecule has 24 heavy (non-hydrogen) atoms. The Kier molecular flexibility index (Phi) is 3.03. The number of rotatable bonds is 1. The largest absolute Gasteiger partial charge is 0.348 e. The summed E-state index contributed by atoms with van der Waals surface area (Å²) in [5, 5.41) is 4.40. The number of aryl methyl sites for hydroxylation is 1. The third kappa shape index (κ3) is 1.96. The van der Waals surface area contributed by atoms with Crippen molar-refractivity contribution in [1.29, 1.82) is 0 Å². The summed E-state index contributed by atoms with van der Waals surface area (Å²) < 4.78 is 13.8. The van der Waals surface area contributed by atoms with Gasteiger partial charge in [-0.1, -0.05) is 24.3 Å². The zero-order chi connectivity index (χ0) is 16.2. The highest BCUT2D eigenvalue weighted by atomic mass is 16.7. The first-order chi connectivity index (χ1) is 11.7. The predicted octanol–water partition coefficient (Wildman–Crippen LogP) is 3.53. The molecule has 2 aromatic rings. The van der Waals surface area contributed by atoms with Crippen molar-refractivity contribution in [2.24, 2.45) is 7.05 Å². The first kappa shape index (κ1) is 14.4. The minimum atomic E-state index is -0.331. The Balaban J connectivity index is 1.58. The fraction of sp³-hybridized carbons (Fsp3) is 0.450. The Morgan fingerprint density at radius 1 is 1.04 bits per heavy atom. The van der Waals surface area contributed by atoms with E-state index in [1.807, 2.05) is 17.9 Å². The Labute approximate surface area is 142 Å². The van der Waals surface area contributed by atoms with Crippen LogP contribution in [0.5, 0.6) is 0 Å². The van der Waals surface area contributed by atoms with Crippen LogP contribution in [0, 0.1) is 0 Å². The predicted molar refractivity (Wildman–Crippen MR) is 92.3 cm³/mol. The van der Waals surface area contributed by atoms with Crippen molar-refractivity contribution in [2.45, 2.75) is 36.9 Å². The van der Waals surface area contributed by atoms with Crippen molar-refractivity contribution in [3.63, 3.8) is 0 Å². The third-order valence-electron chi connectivity index (χ3n) is 5.99. The molecule has 0 radical (unpaired) electrons. The van der Waals surface area contributed by atoms with E-state index >= 15 is 0 Å². The number of hydrogen-bond acceptors (Lipinski definition) is 3. The van der Waals surface area contributed by atoms with E-state index in [-0.39, 0.29) is 11.2 Å². The number of benzene rings is 1. The molecular formula is C20H22N2O2. The molecule has 124 valence electrons. The van der Waals surface area contributed by atoms with Gasteiger partial charge in [0, 0.05) is 37.1 Å². The van der Waals surface area contributed by atoms with Gasteiger partial charge in [-0.2, -0.15) is 5.10 Å². The lowest BCUT2D eigenvalue weighted by molar-refractivity contribution is -0.182. The molecule has 5 rings (SSSR count). The third-order valence-corrected chi connectivity index (χ3v) is 5.99. The van der Waals surface area contributed by atoms with Crippen LogP contribution >= 0.6 is 0 Å². The second-order valence-electron chi connectivity index (χ2n) is 7.24. The molecular weight excluding hydrogens is 300 g/mol. The first-order valence-corrected chi connectivity index (χ1v) is 8.80. The van der Waals surface area contributed by atoms with E-state index in [0.29, 0.717) is 0 Å². The molecule has 0 N–H and O–H groups in total. The van der Waals surface area contributed by atoms with Crippen molar-refractivity contribution in [1.82, 2.24) is 9.78 Å². The van der Waals surface area contributed by atoms with Gasteiger partial charge in [-0.3, -0.25) is 4.68 Å². The number of hydrogen-bond donors (Lipinski definition) is 0. The van der Waals surface area contributed by atoms with Crippen LogP contribution in [0.4, 0.5) is 0 Å². The van der Waals surface area contributed by atoms with Gasteiger partial charge in [-0.15, -0.1) is 0 Å². The zero-order valence-corrected chi connectivity index (χ0v) is 14.0. The summed E-state index contributed by atoms with van der Waals surface area (Å²) in [5.41, 5.74) is 5.51. The van der Waals surface area contributed by atoms with E-state index < -0.39 is 0 Å². The Bertz CT molecular complexity index is 805. The summed E-state index contributed by atoms with van der Waals surface area (Å²) in [7, 11) is 1.98. The molecule has 4 nitrogen and oxygen atoms in total. The topological polar surface area (TPSA) is 36.3 Å². The number of fused-ring (bicyclic) bond motifs is 2. The quantitative estimate of drug-likeness (QED) is 0.806. The molecule has 2 heterocycles. The maximum absolute atomic E-state index is 5.96. The summed E-state index contributed by atoms with van der Waals surface area (Å²) >= 11 is 0. The Morgan fingerprint density at radius 3 is 2.50 bits per heavy atom. The van der Waals surface area contributed by atoms with Gasteiger partial charge in [0.15, 0.2) is 5.79 Å². The molecule has 2 aliphatic carbocycles. The van der Waals surface area contributed by atoms with Crippen molar-refractivity contribution in [2.75, 3.05) is 13.2 Å². The van der Waals surface area contributed by atoms with Crippen molar-refractivity contribution >= 4 is 11.6 Å². The average Bonchev–Trinajstić information content (AvgIpc) is 3.30. The zero-order valence-electron chi connectivity index (χ0n) is 14.0. The SMILES string of the molecule is Cn1cc(C2=Cc3ccccc3C23CCC2(CC3)OCCO2)cn1. The van der Waals surface area contributed by atoms with Crippen LogP contribution in [0.3, 0.4) is 0 Å². The molecule has 3 aliphatic rings. The second kappa shape index (κ2) is 5.04. The minimum absolute atomic E-state index is 0.0696. The van der Waals surface area contributed by atoms with E-state index in [1.165, 1.54) is 22.3 Å². The number of aromatic nitrogens is 2. The maximum Gasteiger partial charge on any atom is 0.168 e. The van der Waals surface area contributed by atoms with Crippen LogP contribution in [0.2, 0.25) is 0 Å². The maximum atomic E-state index is 5.96. The second-order valence-corrected chi connectivity index (χ2v) is 7.24. The number of ether oxygens (including phenoxy) is 2. The normalized spacial score (nSPS) is 23.6. The van der Waals surface area contributed by atoms with Crippen LogP contribution in [-0.2, 0) is 21.9 Å². The molecule has 0 bridgehead atoms. The van der Waals surface area contributed by atoms with E-state index in [0.717, 1.165) is 38.9 Å². The molecule has 4 heteroatoms. The van der Waals surface area contributed by atoms with Gasteiger partial charge in [-0.25, -0.2) is 0 Å². The number of allylic oxidation sites excluding steroid dienone is 1. The lowest BCUT2D eigenvalue weighted by Crippen LogP contribution is -2.42. The highest BCUT2D eigenvalue weighted by molar-refractivity contribution is 5.94. The summed E-state index contributed by atoms with van der Waals surface area (Å²) in [6.07, 6.45) is 10.5. The highest BCUT2D eigenvalue weighted by Gasteiger charge is 2.51. The van der Waals surface area contributed by atoms with Crippen molar-refractivity contribution in [3.8, 4) is 0 Å². The van der Waals surface area contributed by atoms with Gasteiger partial charge in [0.25, 0.3) is 0 Å². The van der Waals surface area contributed by atoms with Gasteiger partial charge in [0.1, 0.15) is 0 Å². The Hall–Kier alpha value is -1.91. The molecule has 1 aliphatic heterocycles. The van der Waals surface area contributed by atoms with Crippen LogP contribution in [0.15, 0.2) is 36.7 Å². The molecule has 1 saturated carbocycles. The Morgan fingerprint density at radius 2 is 1.79 bits per heavy atom. The molecule has 2 spiro atoms. The van der Waals surface area contributed by atoms with E-state index in [1.54, 1.807) is 0 Å². The summed E-state index contributed by atoms with van der Waals surface area (Å²) in [4.78, 5) is 0. The van der Waals surface area contributed by atoms with Crippen molar-refractivity contribution in [3.05, 3.63) is 53.3 Å². The van der Waals surface area contributed by atoms with Gasteiger partial charge in [-0.05, 0) is 35.6 Å². The van der Waals surface area contributed by atoms with E-state index in [4.69, 9.17) is 9.47 Å². The first-order valence-electron chi connectivity index (χ1n) is 8.80. The lowest BCUT2D eigenvalue weighted by Gasteiger charge is -2.43. The molecule has 1 aromatic carbocycles. The van der Waals surface area contributed by atoms with Crippen molar-refractivity contribution < 1.29 is 9.47 Å². The standard InChI is InChI=1S/C20H22N2O2/c1-22-14-16(13-21-22)18-12-15-4-2-3-5-17(15)19(18)6-8-20(9-7-19)23-10-11-24-20/h2-5,12-14H,6-11H2,1H3. The summed E-state index contributed by atoms with van der Waals surface area (Å²) in [6, 6.07) is 8.81. The van der Waals surface area contributed by atoms with E-state index in [2.05, 4.69) is 41.6 Å². The molecule has 0 atom stereocenters. The monoisotopic (exact) mass is 322 g/mol. The lowest BCUT2D eigenvalue weighted by atomic mass is 9.64. The van der Waals surface area contributed by atoms with Crippen LogP contribution in [0.25, 0.3) is 11.6 Å². The fourth-order valence-electron chi connectivity index (χ4n) is 4.80. The van der Waals surface area contributed by atoms with E-state index in [9.17, 15) is 0 Å². The molecule has 0 unspecified atom stereocenters. The molecule has 0 amide bonds. The summed E-state index contributed by atoms with van der Waals surface area (Å²) in [6.45, 7) is 1.46. The highest BCUT2D eigenvalue weighted by Crippen LogP contribution is 2.57. The van der Waals surface area contributed by atoms with Gasteiger partial charge in [0.2, 0.25) is 0 Å².